The zero-order valence-electron chi connectivity index (χ0n) is 10.4. The fourth-order valence-corrected chi connectivity index (χ4v) is 2.07. The minimum absolute atomic E-state index is 0.0426. The van der Waals surface area contributed by atoms with Crippen LogP contribution in [0.1, 0.15) is 34.8 Å². The van der Waals surface area contributed by atoms with Gasteiger partial charge in [0.05, 0.1) is 4.99 Å². The van der Waals surface area contributed by atoms with E-state index in [1.165, 1.54) is 0 Å². The number of aryl methyl sites for hydroxylation is 2. The van der Waals surface area contributed by atoms with Gasteiger partial charge in [-0.05, 0) is 31.9 Å². The maximum Gasteiger partial charge on any atom is 0.252 e. The smallest absolute Gasteiger partial charge is 0.252 e. The summed E-state index contributed by atoms with van der Waals surface area (Å²) in [5.74, 6) is -0.0654. The van der Waals surface area contributed by atoms with E-state index in [0.717, 1.165) is 16.7 Å². The summed E-state index contributed by atoms with van der Waals surface area (Å²) in [6, 6.07) is 5.76. The second-order valence-electron chi connectivity index (χ2n) is 4.31. The van der Waals surface area contributed by atoms with Crippen LogP contribution in [0, 0.1) is 13.8 Å². The lowest BCUT2D eigenvalue weighted by Gasteiger charge is -2.15. The summed E-state index contributed by atoms with van der Waals surface area (Å²) in [7, 11) is 0. The van der Waals surface area contributed by atoms with Gasteiger partial charge in [-0.1, -0.05) is 30.4 Å². The zero-order valence-corrected chi connectivity index (χ0v) is 11.2. The van der Waals surface area contributed by atoms with Crippen molar-refractivity contribution in [3.63, 3.8) is 0 Å². The molecule has 0 bridgehead atoms. The Labute approximate surface area is 107 Å². The first kappa shape index (κ1) is 13.6. The molecule has 3 N–H and O–H groups in total. The number of benzene rings is 1. The van der Waals surface area contributed by atoms with E-state index in [-0.39, 0.29) is 11.9 Å². The molecule has 0 aliphatic heterocycles. The SMILES string of the molecule is Cc1cccc(C)c1C(=O)NC(C)CC(N)=S. The third kappa shape index (κ3) is 3.82. The lowest BCUT2D eigenvalue weighted by molar-refractivity contribution is 0.0940. The first-order valence-electron chi connectivity index (χ1n) is 5.57. The van der Waals surface area contributed by atoms with Crippen LogP contribution in [0.15, 0.2) is 18.2 Å². The predicted molar refractivity (Wildman–Crippen MR) is 74.2 cm³/mol. The second-order valence-corrected chi connectivity index (χ2v) is 4.84. The van der Waals surface area contributed by atoms with E-state index in [0.29, 0.717) is 11.4 Å². The molecular weight excluding hydrogens is 232 g/mol. The number of amides is 1. The van der Waals surface area contributed by atoms with Crippen molar-refractivity contribution in [2.24, 2.45) is 5.73 Å². The molecule has 3 nitrogen and oxygen atoms in total. The van der Waals surface area contributed by atoms with Crippen molar-refractivity contribution in [2.45, 2.75) is 33.2 Å². The molecule has 0 saturated carbocycles. The lowest BCUT2D eigenvalue weighted by atomic mass is 10.0. The third-order valence-electron chi connectivity index (χ3n) is 2.59. The number of carbonyl (C=O) groups excluding carboxylic acids is 1. The molecule has 1 atom stereocenters. The van der Waals surface area contributed by atoms with Gasteiger partial charge in [-0.2, -0.15) is 0 Å². The number of nitrogens with one attached hydrogen (secondary N) is 1. The van der Waals surface area contributed by atoms with Crippen LogP contribution in [0.3, 0.4) is 0 Å². The molecule has 1 unspecified atom stereocenters. The minimum Gasteiger partial charge on any atom is -0.393 e. The first-order valence-corrected chi connectivity index (χ1v) is 5.98. The molecule has 0 spiro atoms. The molecule has 0 heterocycles. The Hall–Kier alpha value is -1.42. The van der Waals surface area contributed by atoms with Crippen LogP contribution in [0.2, 0.25) is 0 Å². The summed E-state index contributed by atoms with van der Waals surface area (Å²) in [6.07, 6.45) is 0.520. The normalized spacial score (nSPS) is 11.9. The van der Waals surface area contributed by atoms with Gasteiger partial charge in [0, 0.05) is 18.0 Å². The largest absolute Gasteiger partial charge is 0.393 e. The number of hydrogen-bond acceptors (Lipinski definition) is 2. The molecule has 1 amide bonds. The molecule has 4 heteroatoms. The van der Waals surface area contributed by atoms with Crippen LogP contribution in [0.25, 0.3) is 0 Å². The van der Waals surface area contributed by atoms with Crippen molar-refractivity contribution >= 4 is 23.1 Å². The molecule has 92 valence electrons. The summed E-state index contributed by atoms with van der Waals surface area (Å²) in [4.78, 5) is 12.5. The van der Waals surface area contributed by atoms with Crippen molar-refractivity contribution in [3.8, 4) is 0 Å². The van der Waals surface area contributed by atoms with E-state index in [9.17, 15) is 4.79 Å². The molecular formula is C13H18N2OS. The van der Waals surface area contributed by atoms with Crippen LogP contribution in [-0.4, -0.2) is 16.9 Å². The number of carbonyl (C=O) groups is 1. The van der Waals surface area contributed by atoms with E-state index in [4.69, 9.17) is 18.0 Å². The highest BCUT2D eigenvalue weighted by Gasteiger charge is 2.14. The Morgan fingerprint density at radius 2 is 1.94 bits per heavy atom. The van der Waals surface area contributed by atoms with Gasteiger partial charge in [-0.15, -0.1) is 0 Å². The Balaban J connectivity index is 2.80. The summed E-state index contributed by atoms with van der Waals surface area (Å²) in [5, 5.41) is 2.90. The average Bonchev–Trinajstić information content (AvgIpc) is 2.15. The Kier molecular flexibility index (Phi) is 4.63. The lowest BCUT2D eigenvalue weighted by Crippen LogP contribution is -2.36. The van der Waals surface area contributed by atoms with Gasteiger partial charge in [-0.3, -0.25) is 4.79 Å². The van der Waals surface area contributed by atoms with E-state index >= 15 is 0 Å². The van der Waals surface area contributed by atoms with Crippen LogP contribution in [0.4, 0.5) is 0 Å². The molecule has 17 heavy (non-hydrogen) atoms. The molecule has 1 aromatic rings. The molecule has 1 rings (SSSR count). The highest BCUT2D eigenvalue weighted by Crippen LogP contribution is 2.13. The van der Waals surface area contributed by atoms with E-state index in [2.05, 4.69) is 5.32 Å². The van der Waals surface area contributed by atoms with Crippen LogP contribution in [0.5, 0.6) is 0 Å². The Bertz CT molecular complexity index is 423. The summed E-state index contributed by atoms with van der Waals surface area (Å²) in [6.45, 7) is 5.75. The standard InChI is InChI=1S/C13H18N2OS/c1-8-5-4-6-9(2)12(8)13(16)15-10(3)7-11(14)17/h4-6,10H,7H2,1-3H3,(H2,14,17)(H,15,16). The number of rotatable bonds is 4. The quantitative estimate of drug-likeness (QED) is 0.805. The van der Waals surface area contributed by atoms with Gasteiger partial charge < -0.3 is 11.1 Å². The minimum atomic E-state index is -0.0654. The molecule has 0 radical (unpaired) electrons. The monoisotopic (exact) mass is 250 g/mol. The van der Waals surface area contributed by atoms with Crippen LogP contribution >= 0.6 is 12.2 Å². The summed E-state index contributed by atoms with van der Waals surface area (Å²) >= 11 is 4.82. The highest BCUT2D eigenvalue weighted by molar-refractivity contribution is 7.80. The molecule has 0 aromatic heterocycles. The van der Waals surface area contributed by atoms with Gasteiger partial charge in [0.2, 0.25) is 0 Å². The van der Waals surface area contributed by atoms with Gasteiger partial charge in [0.1, 0.15) is 0 Å². The molecule has 0 fully saturated rings. The van der Waals surface area contributed by atoms with Crippen LogP contribution in [-0.2, 0) is 0 Å². The van der Waals surface area contributed by atoms with Crippen molar-refractivity contribution in [3.05, 3.63) is 34.9 Å². The van der Waals surface area contributed by atoms with E-state index in [1.807, 2.05) is 39.0 Å². The van der Waals surface area contributed by atoms with Gasteiger partial charge >= 0.3 is 0 Å². The van der Waals surface area contributed by atoms with E-state index in [1.54, 1.807) is 0 Å². The molecule has 0 aliphatic rings. The molecule has 0 aliphatic carbocycles. The second kappa shape index (κ2) is 5.77. The average molecular weight is 250 g/mol. The Morgan fingerprint density at radius 1 is 1.41 bits per heavy atom. The van der Waals surface area contributed by atoms with E-state index < -0.39 is 0 Å². The summed E-state index contributed by atoms with van der Waals surface area (Å²) in [5.41, 5.74) is 8.14. The third-order valence-corrected chi connectivity index (χ3v) is 2.76. The fourth-order valence-electron chi connectivity index (χ4n) is 1.82. The maximum atomic E-state index is 12.1. The maximum absolute atomic E-state index is 12.1. The van der Waals surface area contributed by atoms with Gasteiger partial charge in [0.25, 0.3) is 5.91 Å². The highest BCUT2D eigenvalue weighted by atomic mass is 32.1. The summed E-state index contributed by atoms with van der Waals surface area (Å²) < 4.78 is 0. The number of nitrogens with two attached hydrogens (primary N) is 1. The zero-order chi connectivity index (χ0) is 13.0. The van der Waals surface area contributed by atoms with Crippen molar-refractivity contribution < 1.29 is 4.79 Å². The van der Waals surface area contributed by atoms with Crippen LogP contribution < -0.4 is 11.1 Å². The number of thiocarbonyl (C=S) groups is 1. The number of hydrogen-bond donors (Lipinski definition) is 2. The van der Waals surface area contributed by atoms with Crippen molar-refractivity contribution in [1.82, 2.24) is 5.32 Å². The van der Waals surface area contributed by atoms with Crippen molar-refractivity contribution in [1.29, 1.82) is 0 Å². The molecule has 1 aromatic carbocycles. The first-order chi connectivity index (χ1) is 7.91. The molecule has 0 saturated heterocycles. The van der Waals surface area contributed by atoms with Gasteiger partial charge in [0.15, 0.2) is 0 Å². The Morgan fingerprint density at radius 3 is 2.41 bits per heavy atom. The topological polar surface area (TPSA) is 55.1 Å². The fraction of sp³-hybridized carbons (Fsp3) is 0.385. The van der Waals surface area contributed by atoms with Gasteiger partial charge in [-0.25, -0.2) is 0 Å². The predicted octanol–water partition coefficient (Wildman–Crippen LogP) is 2.10. The van der Waals surface area contributed by atoms with Crippen molar-refractivity contribution in [2.75, 3.05) is 0 Å².